The van der Waals surface area contributed by atoms with Gasteiger partial charge in [0.05, 0.1) is 11.1 Å². The number of aromatic carboxylic acids is 1. The predicted molar refractivity (Wildman–Crippen MR) is 79.8 cm³/mol. The van der Waals surface area contributed by atoms with E-state index in [4.69, 9.17) is 0 Å². The molecule has 0 saturated carbocycles. The highest BCUT2D eigenvalue weighted by molar-refractivity contribution is 6.05. The van der Waals surface area contributed by atoms with E-state index in [-0.39, 0.29) is 11.5 Å². The van der Waals surface area contributed by atoms with Crippen molar-refractivity contribution in [2.75, 3.05) is 5.32 Å². The third kappa shape index (κ3) is 3.25. The summed E-state index contributed by atoms with van der Waals surface area (Å²) >= 11 is 0. The molecule has 5 nitrogen and oxygen atoms in total. The molecule has 0 bridgehead atoms. The van der Waals surface area contributed by atoms with Gasteiger partial charge in [-0.25, -0.2) is 4.79 Å². The van der Waals surface area contributed by atoms with Crippen LogP contribution in [0.5, 0.6) is 0 Å². The number of nitrogens with one attached hydrogen (secondary N) is 1. The van der Waals surface area contributed by atoms with Gasteiger partial charge in [0.1, 0.15) is 0 Å². The first-order valence-corrected chi connectivity index (χ1v) is 6.46. The minimum atomic E-state index is -1.01. The molecule has 0 aliphatic rings. The van der Waals surface area contributed by atoms with Gasteiger partial charge in [-0.2, -0.15) is 0 Å². The Hall–Kier alpha value is -2.69. The maximum absolute atomic E-state index is 12.1. The van der Waals surface area contributed by atoms with Gasteiger partial charge in [0.25, 0.3) is 5.91 Å². The number of anilines is 1. The van der Waals surface area contributed by atoms with Gasteiger partial charge in [-0.05, 0) is 55.7 Å². The van der Waals surface area contributed by atoms with Crippen LogP contribution < -0.4 is 5.32 Å². The van der Waals surface area contributed by atoms with Gasteiger partial charge < -0.3 is 10.4 Å². The van der Waals surface area contributed by atoms with Crippen LogP contribution in [0.25, 0.3) is 0 Å². The lowest BCUT2D eigenvalue weighted by Gasteiger charge is -2.11. The molecule has 2 N–H and O–H groups in total. The Labute approximate surface area is 122 Å². The van der Waals surface area contributed by atoms with Gasteiger partial charge in [0, 0.05) is 18.1 Å². The number of carboxylic acids is 1. The molecule has 0 spiro atoms. The number of benzene rings is 1. The summed E-state index contributed by atoms with van der Waals surface area (Å²) in [7, 11) is 0. The molecule has 0 fully saturated rings. The van der Waals surface area contributed by atoms with Crippen molar-refractivity contribution >= 4 is 17.6 Å². The van der Waals surface area contributed by atoms with E-state index in [0.717, 1.165) is 11.1 Å². The highest BCUT2D eigenvalue weighted by atomic mass is 16.4. The number of hydrogen-bond donors (Lipinski definition) is 2. The molecule has 0 saturated heterocycles. The fraction of sp³-hybridized carbons (Fsp3) is 0.188. The summed E-state index contributed by atoms with van der Waals surface area (Å²) in [5, 5.41) is 11.9. The molecule has 0 unspecified atom stereocenters. The van der Waals surface area contributed by atoms with Crippen LogP contribution in [-0.2, 0) is 0 Å². The van der Waals surface area contributed by atoms with Crippen molar-refractivity contribution < 1.29 is 14.7 Å². The van der Waals surface area contributed by atoms with E-state index in [0.29, 0.717) is 16.8 Å². The van der Waals surface area contributed by atoms with Crippen LogP contribution in [0.1, 0.15) is 37.4 Å². The van der Waals surface area contributed by atoms with E-state index >= 15 is 0 Å². The van der Waals surface area contributed by atoms with Gasteiger partial charge in [0.2, 0.25) is 0 Å². The number of carbonyl (C=O) groups is 2. The summed E-state index contributed by atoms with van der Waals surface area (Å²) in [4.78, 5) is 27.3. The molecular weight excluding hydrogens is 268 g/mol. The van der Waals surface area contributed by atoms with Gasteiger partial charge >= 0.3 is 5.97 Å². The van der Waals surface area contributed by atoms with Gasteiger partial charge in [-0.15, -0.1) is 0 Å². The lowest BCUT2D eigenvalue weighted by atomic mass is 10.0. The molecule has 0 aliphatic heterocycles. The van der Waals surface area contributed by atoms with E-state index in [9.17, 15) is 14.7 Å². The van der Waals surface area contributed by atoms with E-state index in [1.807, 2.05) is 13.8 Å². The zero-order valence-corrected chi connectivity index (χ0v) is 12.1. The molecule has 1 heterocycles. The maximum Gasteiger partial charge on any atom is 0.336 e. The number of pyridine rings is 1. The van der Waals surface area contributed by atoms with Gasteiger partial charge in [-0.3, -0.25) is 9.78 Å². The Balaban J connectivity index is 2.32. The number of aryl methyl sites for hydroxylation is 2. The van der Waals surface area contributed by atoms with Crippen molar-refractivity contribution in [3.63, 3.8) is 0 Å². The molecule has 0 aliphatic carbocycles. The quantitative estimate of drug-likeness (QED) is 0.908. The standard InChI is InChI=1S/C16H16N2O3/c1-9-4-12(8-17-7-9)15(19)18-13-5-10(2)11(3)14(6-13)16(20)21/h4-8H,1-3H3,(H,18,19)(H,20,21). The van der Waals surface area contributed by atoms with Crippen LogP contribution >= 0.6 is 0 Å². The molecule has 2 rings (SSSR count). The SMILES string of the molecule is Cc1cncc(C(=O)Nc2cc(C)c(C)c(C(=O)O)c2)c1. The second-order valence-electron chi connectivity index (χ2n) is 4.98. The fourth-order valence-corrected chi connectivity index (χ4v) is 2.04. The third-order valence-corrected chi connectivity index (χ3v) is 3.29. The zero-order valence-electron chi connectivity index (χ0n) is 12.1. The zero-order chi connectivity index (χ0) is 15.6. The smallest absolute Gasteiger partial charge is 0.336 e. The van der Waals surface area contributed by atoms with Crippen LogP contribution in [0.15, 0.2) is 30.6 Å². The lowest BCUT2D eigenvalue weighted by molar-refractivity contribution is 0.0695. The third-order valence-electron chi connectivity index (χ3n) is 3.29. The molecular formula is C16H16N2O3. The van der Waals surface area contributed by atoms with Crippen molar-refractivity contribution in [2.24, 2.45) is 0 Å². The highest BCUT2D eigenvalue weighted by Gasteiger charge is 2.13. The summed E-state index contributed by atoms with van der Waals surface area (Å²) in [6, 6.07) is 4.94. The van der Waals surface area contributed by atoms with E-state index < -0.39 is 5.97 Å². The monoisotopic (exact) mass is 284 g/mol. The highest BCUT2D eigenvalue weighted by Crippen LogP contribution is 2.20. The Bertz CT molecular complexity index is 723. The Morgan fingerprint density at radius 2 is 1.81 bits per heavy atom. The van der Waals surface area contributed by atoms with Crippen LogP contribution in [0.2, 0.25) is 0 Å². The van der Waals surface area contributed by atoms with Crippen LogP contribution in [0.3, 0.4) is 0 Å². The number of rotatable bonds is 3. The van der Waals surface area contributed by atoms with Crippen LogP contribution in [0.4, 0.5) is 5.69 Å². The second kappa shape index (κ2) is 5.75. The summed E-state index contributed by atoms with van der Waals surface area (Å²) < 4.78 is 0. The molecule has 2 aromatic rings. The number of carbonyl (C=O) groups excluding carboxylic acids is 1. The van der Waals surface area contributed by atoms with E-state index in [1.165, 1.54) is 12.3 Å². The Morgan fingerprint density at radius 1 is 1.10 bits per heavy atom. The Kier molecular flexibility index (Phi) is 4.03. The van der Waals surface area contributed by atoms with Crippen molar-refractivity contribution in [3.8, 4) is 0 Å². The van der Waals surface area contributed by atoms with E-state index in [2.05, 4.69) is 10.3 Å². The van der Waals surface area contributed by atoms with Crippen molar-refractivity contribution in [3.05, 3.63) is 58.4 Å². The van der Waals surface area contributed by atoms with Crippen molar-refractivity contribution in [2.45, 2.75) is 20.8 Å². The molecule has 0 radical (unpaired) electrons. The predicted octanol–water partition coefficient (Wildman–Crippen LogP) is 2.96. The number of aromatic nitrogens is 1. The number of amides is 1. The number of hydrogen-bond acceptors (Lipinski definition) is 3. The average molecular weight is 284 g/mol. The first-order valence-electron chi connectivity index (χ1n) is 6.46. The Morgan fingerprint density at radius 3 is 2.43 bits per heavy atom. The van der Waals surface area contributed by atoms with Gasteiger partial charge in [0.15, 0.2) is 0 Å². The number of nitrogens with zero attached hydrogens (tertiary/aromatic N) is 1. The molecule has 0 atom stereocenters. The molecule has 108 valence electrons. The molecule has 21 heavy (non-hydrogen) atoms. The van der Waals surface area contributed by atoms with Crippen LogP contribution in [0, 0.1) is 20.8 Å². The lowest BCUT2D eigenvalue weighted by Crippen LogP contribution is -2.13. The molecule has 1 aromatic heterocycles. The first kappa shape index (κ1) is 14.7. The molecule has 1 aromatic carbocycles. The van der Waals surface area contributed by atoms with Gasteiger partial charge in [-0.1, -0.05) is 0 Å². The minimum absolute atomic E-state index is 0.188. The normalized spacial score (nSPS) is 10.2. The number of carboxylic acid groups (broad SMARTS) is 1. The van der Waals surface area contributed by atoms with E-state index in [1.54, 1.807) is 25.3 Å². The molecule has 5 heteroatoms. The molecule has 1 amide bonds. The second-order valence-corrected chi connectivity index (χ2v) is 4.98. The van der Waals surface area contributed by atoms with Crippen molar-refractivity contribution in [1.29, 1.82) is 0 Å². The summed E-state index contributed by atoms with van der Waals surface area (Å²) in [5.41, 5.74) is 3.47. The summed E-state index contributed by atoms with van der Waals surface area (Å²) in [5.74, 6) is -1.32. The summed E-state index contributed by atoms with van der Waals surface area (Å²) in [6.45, 7) is 5.41. The topological polar surface area (TPSA) is 79.3 Å². The first-order chi connectivity index (χ1) is 9.88. The van der Waals surface area contributed by atoms with Crippen molar-refractivity contribution in [1.82, 2.24) is 4.98 Å². The fourth-order valence-electron chi connectivity index (χ4n) is 2.04. The minimum Gasteiger partial charge on any atom is -0.478 e. The van der Waals surface area contributed by atoms with Crippen LogP contribution in [-0.4, -0.2) is 22.0 Å². The maximum atomic E-state index is 12.1. The largest absolute Gasteiger partial charge is 0.478 e. The average Bonchev–Trinajstić information content (AvgIpc) is 2.42. The summed E-state index contributed by atoms with van der Waals surface area (Å²) in [6.07, 6.45) is 3.14.